The normalized spacial score (nSPS) is 15.2. The maximum absolute atomic E-state index is 12.2. The predicted molar refractivity (Wildman–Crippen MR) is 92.1 cm³/mol. The fourth-order valence-corrected chi connectivity index (χ4v) is 2.72. The smallest absolute Gasteiger partial charge is 0.234 e. The molecule has 1 atom stereocenters. The van der Waals surface area contributed by atoms with E-state index in [4.69, 9.17) is 0 Å². The van der Waals surface area contributed by atoms with Crippen LogP contribution in [0.1, 0.15) is 30.2 Å². The average Bonchev–Trinajstić information content (AvgIpc) is 3.46. The molecule has 2 aromatic rings. The Morgan fingerprint density at radius 3 is 2.62 bits per heavy atom. The fourth-order valence-electron chi connectivity index (χ4n) is 2.72. The van der Waals surface area contributed by atoms with Crippen molar-refractivity contribution in [3.63, 3.8) is 0 Å². The van der Waals surface area contributed by atoms with Crippen molar-refractivity contribution in [2.24, 2.45) is 0 Å². The first-order valence-corrected chi connectivity index (χ1v) is 8.36. The molecule has 1 aliphatic carbocycles. The van der Waals surface area contributed by atoms with Crippen LogP contribution in [0.4, 0.5) is 0 Å². The van der Waals surface area contributed by atoms with Gasteiger partial charge in [0, 0.05) is 18.8 Å². The molecule has 1 aliphatic rings. The standard InChI is InChI=1S/C19H23N3O2/c23-18(15-6-2-1-3-7-15)13-22(17-9-10-17)14-19(24)21-12-16-8-4-5-11-20-16/h1-8,11,17-18,23H,9-10,12-14H2,(H,21,24)/t18-/m1/s1. The molecular formula is C19H23N3O2. The summed E-state index contributed by atoms with van der Waals surface area (Å²) in [6.07, 6.45) is 3.33. The van der Waals surface area contributed by atoms with E-state index >= 15 is 0 Å². The van der Waals surface area contributed by atoms with Gasteiger partial charge in [0.25, 0.3) is 0 Å². The molecule has 0 spiro atoms. The second kappa shape index (κ2) is 8.04. The summed E-state index contributed by atoms with van der Waals surface area (Å²) in [7, 11) is 0. The minimum Gasteiger partial charge on any atom is -0.387 e. The lowest BCUT2D eigenvalue weighted by Crippen LogP contribution is -2.40. The number of amides is 1. The second-order valence-electron chi connectivity index (χ2n) is 6.18. The van der Waals surface area contributed by atoms with Crippen molar-refractivity contribution in [2.75, 3.05) is 13.1 Å². The van der Waals surface area contributed by atoms with Crippen LogP contribution in [0.2, 0.25) is 0 Å². The third-order valence-electron chi connectivity index (χ3n) is 4.19. The maximum Gasteiger partial charge on any atom is 0.234 e. The van der Waals surface area contributed by atoms with E-state index in [0.29, 0.717) is 25.7 Å². The Kier molecular flexibility index (Phi) is 5.56. The summed E-state index contributed by atoms with van der Waals surface area (Å²) < 4.78 is 0. The van der Waals surface area contributed by atoms with Crippen molar-refractivity contribution in [1.82, 2.24) is 15.2 Å². The summed E-state index contributed by atoms with van der Waals surface area (Å²) in [5, 5.41) is 13.3. The summed E-state index contributed by atoms with van der Waals surface area (Å²) in [6.45, 7) is 1.21. The Morgan fingerprint density at radius 1 is 1.21 bits per heavy atom. The van der Waals surface area contributed by atoms with Gasteiger partial charge in [0.15, 0.2) is 0 Å². The van der Waals surface area contributed by atoms with Crippen molar-refractivity contribution >= 4 is 5.91 Å². The van der Waals surface area contributed by atoms with E-state index in [2.05, 4.69) is 15.2 Å². The molecule has 0 bridgehead atoms. The molecule has 1 fully saturated rings. The number of hydrogen-bond acceptors (Lipinski definition) is 4. The zero-order valence-electron chi connectivity index (χ0n) is 13.6. The number of aliphatic hydroxyl groups is 1. The zero-order chi connectivity index (χ0) is 16.8. The van der Waals surface area contributed by atoms with Crippen molar-refractivity contribution < 1.29 is 9.90 Å². The fraction of sp³-hybridized carbons (Fsp3) is 0.368. The number of hydrogen-bond donors (Lipinski definition) is 2. The summed E-state index contributed by atoms with van der Waals surface area (Å²) >= 11 is 0. The van der Waals surface area contributed by atoms with Gasteiger partial charge < -0.3 is 10.4 Å². The highest BCUT2D eigenvalue weighted by molar-refractivity contribution is 5.78. The first-order chi connectivity index (χ1) is 11.7. The third kappa shape index (κ3) is 4.88. The lowest BCUT2D eigenvalue weighted by molar-refractivity contribution is -0.122. The first kappa shape index (κ1) is 16.6. The van der Waals surface area contributed by atoms with E-state index < -0.39 is 6.10 Å². The molecular weight excluding hydrogens is 302 g/mol. The topological polar surface area (TPSA) is 65.5 Å². The predicted octanol–water partition coefficient (Wildman–Crippen LogP) is 1.90. The van der Waals surface area contributed by atoms with Gasteiger partial charge in [-0.2, -0.15) is 0 Å². The molecule has 2 N–H and O–H groups in total. The number of pyridine rings is 1. The van der Waals surface area contributed by atoms with Gasteiger partial charge in [0.05, 0.1) is 24.9 Å². The van der Waals surface area contributed by atoms with Crippen LogP contribution in [0.15, 0.2) is 54.7 Å². The molecule has 1 aromatic heterocycles. The minimum absolute atomic E-state index is 0.0344. The molecule has 0 aliphatic heterocycles. The van der Waals surface area contributed by atoms with Gasteiger partial charge in [-0.15, -0.1) is 0 Å². The largest absolute Gasteiger partial charge is 0.387 e. The molecule has 0 saturated heterocycles. The SMILES string of the molecule is O=C(CN(C[C@@H](O)c1ccccc1)C1CC1)NCc1ccccn1. The van der Waals surface area contributed by atoms with Crippen LogP contribution in [-0.4, -0.2) is 40.0 Å². The van der Waals surface area contributed by atoms with Gasteiger partial charge in [0.2, 0.25) is 5.91 Å². The van der Waals surface area contributed by atoms with Crippen LogP contribution in [0, 0.1) is 0 Å². The van der Waals surface area contributed by atoms with Gasteiger partial charge in [-0.05, 0) is 30.5 Å². The highest BCUT2D eigenvalue weighted by atomic mass is 16.3. The van der Waals surface area contributed by atoms with Gasteiger partial charge in [-0.3, -0.25) is 14.7 Å². The van der Waals surface area contributed by atoms with E-state index in [1.54, 1.807) is 6.20 Å². The second-order valence-corrected chi connectivity index (χ2v) is 6.18. The van der Waals surface area contributed by atoms with E-state index in [9.17, 15) is 9.90 Å². The van der Waals surface area contributed by atoms with E-state index in [-0.39, 0.29) is 5.91 Å². The summed E-state index contributed by atoms with van der Waals surface area (Å²) in [5.74, 6) is -0.0344. The van der Waals surface area contributed by atoms with Crippen molar-refractivity contribution in [3.8, 4) is 0 Å². The zero-order valence-corrected chi connectivity index (χ0v) is 13.6. The number of aliphatic hydroxyl groups excluding tert-OH is 1. The van der Waals surface area contributed by atoms with Gasteiger partial charge in [0.1, 0.15) is 0 Å². The molecule has 5 nitrogen and oxygen atoms in total. The number of aromatic nitrogens is 1. The van der Waals surface area contributed by atoms with Crippen LogP contribution in [0.3, 0.4) is 0 Å². The lowest BCUT2D eigenvalue weighted by atomic mass is 10.1. The molecule has 5 heteroatoms. The molecule has 24 heavy (non-hydrogen) atoms. The molecule has 1 aromatic carbocycles. The van der Waals surface area contributed by atoms with Gasteiger partial charge in [-0.25, -0.2) is 0 Å². The van der Waals surface area contributed by atoms with Crippen molar-refractivity contribution in [2.45, 2.75) is 31.5 Å². The Morgan fingerprint density at radius 2 is 1.96 bits per heavy atom. The maximum atomic E-state index is 12.2. The monoisotopic (exact) mass is 325 g/mol. The van der Waals surface area contributed by atoms with Crippen molar-refractivity contribution in [3.05, 3.63) is 66.0 Å². The minimum atomic E-state index is -0.574. The van der Waals surface area contributed by atoms with Crippen molar-refractivity contribution in [1.29, 1.82) is 0 Å². The van der Waals surface area contributed by atoms with Crippen LogP contribution in [0.25, 0.3) is 0 Å². The van der Waals surface area contributed by atoms with Gasteiger partial charge in [-0.1, -0.05) is 36.4 Å². The van der Waals surface area contributed by atoms with Crippen LogP contribution in [0.5, 0.6) is 0 Å². The quantitative estimate of drug-likeness (QED) is 0.778. The average molecular weight is 325 g/mol. The Labute approximate surface area is 142 Å². The number of carbonyl (C=O) groups is 1. The third-order valence-corrected chi connectivity index (χ3v) is 4.19. The van der Waals surface area contributed by atoms with E-state index in [1.165, 1.54) is 0 Å². The number of nitrogens with one attached hydrogen (secondary N) is 1. The number of rotatable bonds is 8. The molecule has 0 radical (unpaired) electrons. The van der Waals surface area contributed by atoms with Crippen LogP contribution < -0.4 is 5.32 Å². The van der Waals surface area contributed by atoms with Crippen LogP contribution in [-0.2, 0) is 11.3 Å². The summed E-state index contributed by atoms with van der Waals surface area (Å²) in [6, 6.07) is 15.6. The molecule has 1 saturated carbocycles. The van der Waals surface area contributed by atoms with Crippen LogP contribution >= 0.6 is 0 Å². The molecule has 3 rings (SSSR count). The molecule has 126 valence electrons. The highest BCUT2D eigenvalue weighted by Gasteiger charge is 2.31. The number of nitrogens with zero attached hydrogens (tertiary/aromatic N) is 2. The summed E-state index contributed by atoms with van der Waals surface area (Å²) in [4.78, 5) is 18.5. The Hall–Kier alpha value is -2.24. The first-order valence-electron chi connectivity index (χ1n) is 8.36. The lowest BCUT2D eigenvalue weighted by Gasteiger charge is -2.24. The molecule has 1 heterocycles. The molecule has 0 unspecified atom stereocenters. The Bertz CT molecular complexity index is 644. The van der Waals surface area contributed by atoms with E-state index in [1.807, 2.05) is 48.5 Å². The molecule has 1 amide bonds. The number of benzene rings is 1. The van der Waals surface area contributed by atoms with Gasteiger partial charge >= 0.3 is 0 Å². The van der Waals surface area contributed by atoms with E-state index in [0.717, 1.165) is 24.1 Å². The summed E-state index contributed by atoms with van der Waals surface area (Å²) in [5.41, 5.74) is 1.73. The highest BCUT2D eigenvalue weighted by Crippen LogP contribution is 2.28. The number of carbonyl (C=O) groups excluding carboxylic acids is 1. The Balaban J connectivity index is 1.51.